The molecule has 0 aromatic heterocycles. The first kappa shape index (κ1) is 16.7. The normalized spacial score (nSPS) is 18.0. The minimum atomic E-state index is -3.65. The number of aliphatic hydroxyl groups excluding tert-OH is 1. The van der Waals surface area contributed by atoms with E-state index in [1.807, 2.05) is 0 Å². The van der Waals surface area contributed by atoms with Crippen LogP contribution in [0.4, 0.5) is 0 Å². The molecule has 6 heteroatoms. The largest absolute Gasteiger partial charge is 0.392 e. The average Bonchev–Trinajstić information content (AvgIpc) is 2.95. The molecule has 118 valence electrons. The van der Waals surface area contributed by atoms with Crippen molar-refractivity contribution in [3.63, 3.8) is 0 Å². The average molecular weight is 332 g/mol. The standard InChI is InChI=1S/C15H22ClNO3S/c1-2-15(7-3-4-8-15)11-17-21(19,20)14-9-12(10-18)5-6-13(14)16/h5-6,9,17-18H,2-4,7-8,10-11H2,1H3. The van der Waals surface area contributed by atoms with Gasteiger partial charge in [-0.1, -0.05) is 37.4 Å². The van der Waals surface area contributed by atoms with E-state index in [4.69, 9.17) is 16.7 Å². The van der Waals surface area contributed by atoms with Gasteiger partial charge in [0, 0.05) is 6.54 Å². The summed E-state index contributed by atoms with van der Waals surface area (Å²) in [6.45, 7) is 2.35. The number of halogens is 1. The summed E-state index contributed by atoms with van der Waals surface area (Å²) < 4.78 is 27.6. The highest BCUT2D eigenvalue weighted by Gasteiger charge is 2.33. The van der Waals surface area contributed by atoms with Crippen molar-refractivity contribution in [2.75, 3.05) is 6.54 Å². The molecule has 4 nitrogen and oxygen atoms in total. The highest BCUT2D eigenvalue weighted by Crippen LogP contribution is 2.40. The van der Waals surface area contributed by atoms with Crippen molar-refractivity contribution >= 4 is 21.6 Å². The molecule has 1 aromatic rings. The van der Waals surface area contributed by atoms with Gasteiger partial charge in [0.25, 0.3) is 0 Å². The van der Waals surface area contributed by atoms with Gasteiger partial charge < -0.3 is 5.11 Å². The number of benzene rings is 1. The molecule has 2 rings (SSSR count). The summed E-state index contributed by atoms with van der Waals surface area (Å²) in [7, 11) is -3.65. The van der Waals surface area contributed by atoms with Gasteiger partial charge in [0.2, 0.25) is 10.0 Å². The zero-order valence-corrected chi connectivity index (χ0v) is 13.8. The van der Waals surface area contributed by atoms with Crippen LogP contribution in [-0.2, 0) is 16.6 Å². The number of nitrogens with one attached hydrogen (secondary N) is 1. The maximum Gasteiger partial charge on any atom is 0.242 e. The van der Waals surface area contributed by atoms with Crippen molar-refractivity contribution in [1.29, 1.82) is 0 Å². The number of hydrogen-bond acceptors (Lipinski definition) is 3. The fourth-order valence-electron chi connectivity index (χ4n) is 2.96. The molecule has 0 radical (unpaired) electrons. The quantitative estimate of drug-likeness (QED) is 0.841. The van der Waals surface area contributed by atoms with E-state index in [-0.39, 0.29) is 21.9 Å². The predicted molar refractivity (Wildman–Crippen MR) is 83.8 cm³/mol. The molecule has 1 fully saturated rings. The zero-order chi connectivity index (χ0) is 15.5. The first-order valence-corrected chi connectivity index (χ1v) is 9.17. The molecule has 0 atom stereocenters. The van der Waals surface area contributed by atoms with E-state index in [1.54, 1.807) is 6.07 Å². The molecule has 0 amide bonds. The van der Waals surface area contributed by atoms with Crippen molar-refractivity contribution in [2.24, 2.45) is 5.41 Å². The first-order chi connectivity index (χ1) is 9.92. The van der Waals surface area contributed by atoms with Crippen LogP contribution in [0.3, 0.4) is 0 Å². The summed E-state index contributed by atoms with van der Waals surface area (Å²) in [4.78, 5) is 0.0416. The van der Waals surface area contributed by atoms with E-state index in [0.29, 0.717) is 12.1 Å². The third-order valence-corrected chi connectivity index (χ3v) is 6.40. The van der Waals surface area contributed by atoms with Crippen LogP contribution in [0, 0.1) is 5.41 Å². The van der Waals surface area contributed by atoms with E-state index < -0.39 is 10.0 Å². The highest BCUT2D eigenvalue weighted by atomic mass is 35.5. The molecule has 0 heterocycles. The Bertz CT molecular complexity index is 595. The fraction of sp³-hybridized carbons (Fsp3) is 0.600. The van der Waals surface area contributed by atoms with Crippen LogP contribution in [0.2, 0.25) is 5.02 Å². The monoisotopic (exact) mass is 331 g/mol. The Labute approximate surface area is 131 Å². The third-order valence-electron chi connectivity index (χ3n) is 4.52. The Morgan fingerprint density at radius 1 is 1.33 bits per heavy atom. The van der Waals surface area contributed by atoms with E-state index >= 15 is 0 Å². The number of aliphatic hydroxyl groups is 1. The van der Waals surface area contributed by atoms with Crippen LogP contribution in [-0.4, -0.2) is 20.1 Å². The highest BCUT2D eigenvalue weighted by molar-refractivity contribution is 7.89. The van der Waals surface area contributed by atoms with E-state index in [0.717, 1.165) is 32.1 Å². The van der Waals surface area contributed by atoms with Gasteiger partial charge >= 0.3 is 0 Å². The third kappa shape index (κ3) is 3.77. The van der Waals surface area contributed by atoms with E-state index in [9.17, 15) is 8.42 Å². The summed E-state index contributed by atoms with van der Waals surface area (Å²) in [5, 5.41) is 9.32. The van der Waals surface area contributed by atoms with Gasteiger partial charge in [0.1, 0.15) is 4.90 Å². The maximum absolute atomic E-state index is 12.5. The molecule has 1 saturated carbocycles. The summed E-state index contributed by atoms with van der Waals surface area (Å²) in [5.74, 6) is 0. The molecule has 0 bridgehead atoms. The lowest BCUT2D eigenvalue weighted by Crippen LogP contribution is -2.35. The lowest BCUT2D eigenvalue weighted by Gasteiger charge is -2.27. The Morgan fingerprint density at radius 3 is 2.57 bits per heavy atom. The summed E-state index contributed by atoms with van der Waals surface area (Å²) in [6.07, 6.45) is 5.43. The molecule has 1 aliphatic rings. The Kier molecular flexibility index (Phi) is 5.30. The van der Waals surface area contributed by atoms with Gasteiger partial charge in [0.15, 0.2) is 0 Å². The lowest BCUT2D eigenvalue weighted by atomic mass is 9.84. The van der Waals surface area contributed by atoms with E-state index in [2.05, 4.69) is 11.6 Å². The Balaban J connectivity index is 2.18. The van der Waals surface area contributed by atoms with Gasteiger partial charge in [-0.25, -0.2) is 13.1 Å². The van der Waals surface area contributed by atoms with Crippen molar-refractivity contribution in [1.82, 2.24) is 4.72 Å². The number of rotatable bonds is 6. The SMILES string of the molecule is CCC1(CNS(=O)(=O)c2cc(CO)ccc2Cl)CCCC1. The van der Waals surface area contributed by atoms with Gasteiger partial charge in [-0.3, -0.25) is 0 Å². The molecule has 1 aliphatic carbocycles. The molecule has 2 N–H and O–H groups in total. The van der Waals surface area contributed by atoms with Crippen LogP contribution in [0.5, 0.6) is 0 Å². The molecule has 0 aliphatic heterocycles. The second-order valence-corrected chi connectivity index (χ2v) is 7.95. The summed E-state index contributed by atoms with van der Waals surface area (Å²) in [6, 6.07) is 4.55. The Morgan fingerprint density at radius 2 is 2.00 bits per heavy atom. The van der Waals surface area contributed by atoms with Crippen LogP contribution in [0.15, 0.2) is 23.1 Å². The van der Waals surface area contributed by atoms with Gasteiger partial charge in [-0.2, -0.15) is 0 Å². The molecule has 21 heavy (non-hydrogen) atoms. The second kappa shape index (κ2) is 6.65. The van der Waals surface area contributed by atoms with Crippen LogP contribution in [0.25, 0.3) is 0 Å². The lowest BCUT2D eigenvalue weighted by molar-refractivity contribution is 0.281. The molecule has 0 saturated heterocycles. The summed E-state index contributed by atoms with van der Waals surface area (Å²) >= 11 is 6.00. The minimum Gasteiger partial charge on any atom is -0.392 e. The van der Waals surface area contributed by atoms with Crippen molar-refractivity contribution in [2.45, 2.75) is 50.5 Å². The fourth-order valence-corrected chi connectivity index (χ4v) is 4.66. The van der Waals surface area contributed by atoms with Crippen LogP contribution in [0.1, 0.15) is 44.6 Å². The van der Waals surface area contributed by atoms with Crippen LogP contribution < -0.4 is 4.72 Å². The van der Waals surface area contributed by atoms with Crippen molar-refractivity contribution < 1.29 is 13.5 Å². The molecule has 0 unspecified atom stereocenters. The molecular formula is C15H22ClNO3S. The molecular weight excluding hydrogens is 310 g/mol. The number of hydrogen-bond donors (Lipinski definition) is 2. The number of sulfonamides is 1. The van der Waals surface area contributed by atoms with E-state index in [1.165, 1.54) is 12.1 Å². The topological polar surface area (TPSA) is 66.4 Å². The molecule has 0 spiro atoms. The second-order valence-electron chi connectivity index (χ2n) is 5.81. The smallest absolute Gasteiger partial charge is 0.242 e. The zero-order valence-electron chi connectivity index (χ0n) is 12.2. The minimum absolute atomic E-state index is 0.0416. The molecule has 1 aromatic carbocycles. The Hall–Kier alpha value is -0.620. The van der Waals surface area contributed by atoms with Gasteiger partial charge in [-0.15, -0.1) is 0 Å². The van der Waals surface area contributed by atoms with Crippen molar-refractivity contribution in [3.8, 4) is 0 Å². The van der Waals surface area contributed by atoms with Crippen LogP contribution >= 0.6 is 11.6 Å². The van der Waals surface area contributed by atoms with Gasteiger partial charge in [-0.05, 0) is 42.4 Å². The predicted octanol–water partition coefficient (Wildman–Crippen LogP) is 3.08. The first-order valence-electron chi connectivity index (χ1n) is 7.31. The van der Waals surface area contributed by atoms with Crippen molar-refractivity contribution in [3.05, 3.63) is 28.8 Å². The summed E-state index contributed by atoms with van der Waals surface area (Å²) in [5.41, 5.74) is 0.611. The van der Waals surface area contributed by atoms with Gasteiger partial charge in [0.05, 0.1) is 11.6 Å². The maximum atomic E-state index is 12.5.